The molecule has 0 aliphatic carbocycles. The van der Waals surface area contributed by atoms with Crippen LogP contribution in [0.5, 0.6) is 11.5 Å². The van der Waals surface area contributed by atoms with Crippen molar-refractivity contribution in [1.82, 2.24) is 15.0 Å². The summed E-state index contributed by atoms with van der Waals surface area (Å²) in [6.07, 6.45) is 3.40. The van der Waals surface area contributed by atoms with E-state index in [4.69, 9.17) is 14.0 Å². The van der Waals surface area contributed by atoms with Crippen LogP contribution in [0.3, 0.4) is 0 Å². The summed E-state index contributed by atoms with van der Waals surface area (Å²) in [5.41, 5.74) is 1.22. The first-order chi connectivity index (χ1) is 13.1. The zero-order valence-electron chi connectivity index (χ0n) is 15.5. The first kappa shape index (κ1) is 18.4. The zero-order chi connectivity index (χ0) is 19.2. The molecule has 2 heterocycles. The standard InChI is InChI=1S/C20H21N3O4/c1-14(15-8-10-21-11-9-15)23(2)20(24)17-12-16(27-22-17)13-26-19-7-5-4-6-18(19)25-3/h4-12,14H,13H2,1-3H3/t14-/m0/s1. The predicted molar refractivity (Wildman–Crippen MR) is 98.6 cm³/mol. The Hall–Kier alpha value is -3.35. The van der Waals surface area contributed by atoms with Gasteiger partial charge in [0, 0.05) is 25.5 Å². The molecule has 0 fully saturated rings. The van der Waals surface area contributed by atoms with Crippen LogP contribution in [0.1, 0.15) is 34.8 Å². The minimum absolute atomic E-state index is 0.120. The number of carbonyl (C=O) groups excluding carboxylic acids is 1. The van der Waals surface area contributed by atoms with E-state index in [9.17, 15) is 4.79 Å². The van der Waals surface area contributed by atoms with E-state index in [0.717, 1.165) is 5.56 Å². The number of rotatable bonds is 7. The van der Waals surface area contributed by atoms with Crippen LogP contribution in [0.15, 0.2) is 59.4 Å². The Balaban J connectivity index is 1.65. The van der Waals surface area contributed by atoms with E-state index in [1.165, 1.54) is 0 Å². The van der Waals surface area contributed by atoms with Crippen LogP contribution in [-0.2, 0) is 6.61 Å². The third kappa shape index (κ3) is 4.25. The lowest BCUT2D eigenvalue weighted by atomic mass is 10.1. The number of methoxy groups -OCH3 is 1. The van der Waals surface area contributed by atoms with Crippen LogP contribution >= 0.6 is 0 Å². The molecule has 0 aliphatic rings. The normalized spacial score (nSPS) is 11.7. The first-order valence-corrected chi connectivity index (χ1v) is 8.48. The van der Waals surface area contributed by atoms with Gasteiger partial charge >= 0.3 is 0 Å². The topological polar surface area (TPSA) is 77.7 Å². The maximum absolute atomic E-state index is 12.7. The third-order valence-corrected chi connectivity index (χ3v) is 4.31. The van der Waals surface area contributed by atoms with Crippen LogP contribution in [0.2, 0.25) is 0 Å². The summed E-state index contributed by atoms with van der Waals surface area (Å²) in [6.45, 7) is 2.09. The SMILES string of the molecule is COc1ccccc1OCc1cc(C(=O)N(C)[C@@H](C)c2ccncc2)no1. The molecule has 0 N–H and O–H groups in total. The van der Waals surface area contributed by atoms with Gasteiger partial charge in [-0.3, -0.25) is 9.78 Å². The second-order valence-corrected chi connectivity index (χ2v) is 5.99. The molecule has 3 aromatic rings. The fraction of sp³-hybridized carbons (Fsp3) is 0.250. The van der Waals surface area contributed by atoms with Crippen molar-refractivity contribution < 1.29 is 18.8 Å². The number of aromatic nitrogens is 2. The molecule has 0 bridgehead atoms. The number of nitrogens with zero attached hydrogens (tertiary/aromatic N) is 3. The van der Waals surface area contributed by atoms with E-state index in [1.54, 1.807) is 49.7 Å². The van der Waals surface area contributed by atoms with Crippen LogP contribution in [0, 0.1) is 0 Å². The summed E-state index contributed by atoms with van der Waals surface area (Å²) in [4.78, 5) is 18.3. The average molecular weight is 367 g/mol. The molecule has 0 saturated heterocycles. The van der Waals surface area contributed by atoms with Crippen LogP contribution in [0.4, 0.5) is 0 Å². The Labute approximate surface area is 157 Å². The van der Waals surface area contributed by atoms with Gasteiger partial charge in [-0.2, -0.15) is 0 Å². The molecule has 27 heavy (non-hydrogen) atoms. The van der Waals surface area contributed by atoms with Crippen molar-refractivity contribution in [3.05, 3.63) is 71.9 Å². The molecule has 3 rings (SSSR count). The second kappa shape index (κ2) is 8.35. The third-order valence-electron chi connectivity index (χ3n) is 4.31. The van der Waals surface area contributed by atoms with E-state index in [2.05, 4.69) is 10.1 Å². The van der Waals surface area contributed by atoms with Crippen LogP contribution < -0.4 is 9.47 Å². The zero-order valence-corrected chi connectivity index (χ0v) is 15.5. The second-order valence-electron chi connectivity index (χ2n) is 5.99. The number of para-hydroxylation sites is 2. The highest BCUT2D eigenvalue weighted by Crippen LogP contribution is 2.27. The maximum atomic E-state index is 12.7. The van der Waals surface area contributed by atoms with Crippen molar-refractivity contribution in [2.24, 2.45) is 0 Å². The molecule has 0 radical (unpaired) electrons. The first-order valence-electron chi connectivity index (χ1n) is 8.48. The number of hydrogen-bond donors (Lipinski definition) is 0. The van der Waals surface area contributed by atoms with Crippen molar-refractivity contribution in [2.75, 3.05) is 14.2 Å². The van der Waals surface area contributed by atoms with Crippen molar-refractivity contribution in [3.63, 3.8) is 0 Å². The van der Waals surface area contributed by atoms with Crippen molar-refractivity contribution in [2.45, 2.75) is 19.6 Å². The minimum Gasteiger partial charge on any atom is -0.493 e. The Morgan fingerprint density at radius 1 is 1.19 bits per heavy atom. The lowest BCUT2D eigenvalue weighted by Gasteiger charge is -2.24. The lowest BCUT2D eigenvalue weighted by Crippen LogP contribution is -2.29. The number of carbonyl (C=O) groups is 1. The summed E-state index contributed by atoms with van der Waals surface area (Å²) in [5.74, 6) is 1.44. The Bertz CT molecular complexity index is 895. The van der Waals surface area contributed by atoms with E-state index in [-0.39, 0.29) is 24.2 Å². The van der Waals surface area contributed by atoms with Crippen LogP contribution in [0.25, 0.3) is 0 Å². The van der Waals surface area contributed by atoms with Crippen molar-refractivity contribution in [3.8, 4) is 11.5 Å². The number of amides is 1. The number of hydrogen-bond acceptors (Lipinski definition) is 6. The van der Waals surface area contributed by atoms with Gasteiger partial charge in [-0.05, 0) is 36.8 Å². The highest BCUT2D eigenvalue weighted by Gasteiger charge is 2.22. The van der Waals surface area contributed by atoms with Gasteiger partial charge in [-0.15, -0.1) is 0 Å². The predicted octanol–water partition coefficient (Wildman–Crippen LogP) is 3.49. The molecule has 1 atom stereocenters. The fourth-order valence-electron chi connectivity index (χ4n) is 2.59. The van der Waals surface area contributed by atoms with Gasteiger partial charge in [0.25, 0.3) is 5.91 Å². The molecule has 0 saturated carbocycles. The quantitative estimate of drug-likeness (QED) is 0.636. The van der Waals surface area contributed by atoms with Gasteiger partial charge in [0.1, 0.15) is 6.61 Å². The van der Waals surface area contributed by atoms with E-state index in [0.29, 0.717) is 17.3 Å². The van der Waals surface area contributed by atoms with E-state index >= 15 is 0 Å². The van der Waals surface area contributed by atoms with Gasteiger partial charge in [0.2, 0.25) is 0 Å². The molecule has 0 unspecified atom stereocenters. The van der Waals surface area contributed by atoms with Gasteiger partial charge in [-0.1, -0.05) is 17.3 Å². The largest absolute Gasteiger partial charge is 0.493 e. The molecule has 0 spiro atoms. The van der Waals surface area contributed by atoms with Crippen LogP contribution in [-0.4, -0.2) is 35.1 Å². The van der Waals surface area contributed by atoms with Gasteiger partial charge in [0.15, 0.2) is 23.0 Å². The van der Waals surface area contributed by atoms with Gasteiger partial charge < -0.3 is 18.9 Å². The summed E-state index contributed by atoms with van der Waals surface area (Å²) in [6, 6.07) is 12.5. The van der Waals surface area contributed by atoms with E-state index in [1.807, 2.05) is 31.2 Å². The monoisotopic (exact) mass is 367 g/mol. The molecule has 2 aromatic heterocycles. The highest BCUT2D eigenvalue weighted by atomic mass is 16.5. The number of benzene rings is 1. The summed E-state index contributed by atoms with van der Waals surface area (Å²) in [7, 11) is 3.31. The Morgan fingerprint density at radius 2 is 1.89 bits per heavy atom. The summed E-state index contributed by atoms with van der Waals surface area (Å²) in [5, 5.41) is 3.88. The minimum atomic E-state index is -0.230. The number of pyridine rings is 1. The molecular weight excluding hydrogens is 346 g/mol. The van der Waals surface area contributed by atoms with Gasteiger partial charge in [-0.25, -0.2) is 0 Å². The molecule has 7 heteroatoms. The summed E-state index contributed by atoms with van der Waals surface area (Å²) >= 11 is 0. The maximum Gasteiger partial charge on any atom is 0.276 e. The molecule has 1 aromatic carbocycles. The van der Waals surface area contributed by atoms with E-state index < -0.39 is 0 Å². The molecular formula is C20H21N3O4. The molecule has 0 aliphatic heterocycles. The summed E-state index contributed by atoms with van der Waals surface area (Å²) < 4.78 is 16.2. The van der Waals surface area contributed by atoms with Crippen molar-refractivity contribution >= 4 is 5.91 Å². The fourth-order valence-corrected chi connectivity index (χ4v) is 2.59. The lowest BCUT2D eigenvalue weighted by molar-refractivity contribution is 0.0731. The Morgan fingerprint density at radius 3 is 2.59 bits per heavy atom. The van der Waals surface area contributed by atoms with Gasteiger partial charge in [0.05, 0.1) is 13.2 Å². The molecule has 7 nitrogen and oxygen atoms in total. The molecule has 1 amide bonds. The number of ether oxygens (including phenoxy) is 2. The average Bonchev–Trinajstić information content (AvgIpc) is 3.20. The smallest absolute Gasteiger partial charge is 0.276 e. The van der Waals surface area contributed by atoms with Crippen molar-refractivity contribution in [1.29, 1.82) is 0 Å². The highest BCUT2D eigenvalue weighted by molar-refractivity contribution is 5.92. The Kier molecular flexibility index (Phi) is 5.71. The molecule has 140 valence electrons.